The molecule has 1 aromatic carbocycles. The van der Waals surface area contributed by atoms with Gasteiger partial charge in [-0.1, -0.05) is 11.6 Å². The molecule has 0 spiro atoms. The second-order valence-corrected chi connectivity index (χ2v) is 9.38. The van der Waals surface area contributed by atoms with Gasteiger partial charge in [-0.2, -0.15) is 5.10 Å². The number of fused-ring (bicyclic) bond motifs is 1. The SMILES string of the molecule is CC(C)N1CC[C@@H](N(C)c2cnc3ccc(-c4cn[nH]c4-c4cc(Cl)c(F)cc4F)nc3c2)C1. The van der Waals surface area contributed by atoms with Crippen LogP contribution in [0.2, 0.25) is 5.02 Å². The highest BCUT2D eigenvalue weighted by atomic mass is 35.5. The molecular weight excluding hydrogens is 458 g/mol. The monoisotopic (exact) mass is 482 g/mol. The summed E-state index contributed by atoms with van der Waals surface area (Å²) in [5.41, 5.74) is 4.18. The van der Waals surface area contributed by atoms with E-state index >= 15 is 0 Å². The molecule has 176 valence electrons. The Morgan fingerprint density at radius 1 is 1.09 bits per heavy atom. The Hall–Kier alpha value is -3.10. The smallest absolute Gasteiger partial charge is 0.144 e. The number of hydrogen-bond donors (Lipinski definition) is 1. The summed E-state index contributed by atoms with van der Waals surface area (Å²) >= 11 is 5.90. The predicted molar refractivity (Wildman–Crippen MR) is 131 cm³/mol. The molecule has 0 radical (unpaired) electrons. The molecule has 1 aliphatic rings. The van der Waals surface area contributed by atoms with Gasteiger partial charge in [0.05, 0.1) is 45.5 Å². The Labute approximate surface area is 201 Å². The zero-order valence-corrected chi connectivity index (χ0v) is 19.9. The van der Waals surface area contributed by atoms with Crippen molar-refractivity contribution < 1.29 is 8.78 Å². The normalized spacial score (nSPS) is 16.6. The van der Waals surface area contributed by atoms with Crippen LogP contribution in [0, 0.1) is 11.6 Å². The second kappa shape index (κ2) is 8.92. The van der Waals surface area contributed by atoms with E-state index in [-0.39, 0.29) is 10.6 Å². The van der Waals surface area contributed by atoms with Crippen LogP contribution in [0.1, 0.15) is 20.3 Å². The number of anilines is 1. The van der Waals surface area contributed by atoms with Crippen LogP contribution in [0.25, 0.3) is 33.5 Å². The van der Waals surface area contributed by atoms with Crippen LogP contribution in [0.5, 0.6) is 0 Å². The van der Waals surface area contributed by atoms with E-state index in [4.69, 9.17) is 16.6 Å². The molecule has 6 nitrogen and oxygen atoms in total. The molecule has 34 heavy (non-hydrogen) atoms. The van der Waals surface area contributed by atoms with Crippen LogP contribution in [0.4, 0.5) is 14.5 Å². The predicted octanol–water partition coefficient (Wildman–Crippen LogP) is 5.54. The third kappa shape index (κ3) is 4.12. The van der Waals surface area contributed by atoms with Crippen molar-refractivity contribution >= 4 is 28.3 Å². The summed E-state index contributed by atoms with van der Waals surface area (Å²) in [6.07, 6.45) is 4.55. The molecule has 4 aromatic rings. The van der Waals surface area contributed by atoms with Crippen LogP contribution in [0.15, 0.2) is 42.7 Å². The third-order valence-corrected chi connectivity index (χ3v) is 6.89. The highest BCUT2D eigenvalue weighted by molar-refractivity contribution is 6.31. The number of H-pyrrole nitrogens is 1. The molecule has 1 atom stereocenters. The maximum atomic E-state index is 14.5. The largest absolute Gasteiger partial charge is 0.369 e. The number of aromatic amines is 1. The number of halogens is 3. The maximum Gasteiger partial charge on any atom is 0.144 e. The van der Waals surface area contributed by atoms with E-state index in [1.807, 2.05) is 24.4 Å². The van der Waals surface area contributed by atoms with Crippen molar-refractivity contribution in [2.45, 2.75) is 32.4 Å². The fourth-order valence-corrected chi connectivity index (χ4v) is 4.67. The van der Waals surface area contributed by atoms with E-state index in [1.165, 1.54) is 6.07 Å². The van der Waals surface area contributed by atoms with Gasteiger partial charge in [0.1, 0.15) is 11.6 Å². The van der Waals surface area contributed by atoms with E-state index in [9.17, 15) is 8.78 Å². The van der Waals surface area contributed by atoms with Crippen LogP contribution in [-0.4, -0.2) is 57.3 Å². The van der Waals surface area contributed by atoms with Gasteiger partial charge in [0.15, 0.2) is 0 Å². The van der Waals surface area contributed by atoms with E-state index in [2.05, 4.69) is 45.9 Å². The number of likely N-dealkylation sites (N-methyl/N-ethyl adjacent to an activating group) is 1. The summed E-state index contributed by atoms with van der Waals surface area (Å²) < 4.78 is 28.2. The molecule has 3 aromatic heterocycles. The van der Waals surface area contributed by atoms with Crippen LogP contribution in [0.3, 0.4) is 0 Å². The first-order chi connectivity index (χ1) is 16.3. The number of benzene rings is 1. The van der Waals surface area contributed by atoms with Crippen molar-refractivity contribution in [3.63, 3.8) is 0 Å². The van der Waals surface area contributed by atoms with E-state index < -0.39 is 11.6 Å². The van der Waals surface area contributed by atoms with Crippen LogP contribution in [-0.2, 0) is 0 Å². The topological polar surface area (TPSA) is 60.9 Å². The number of likely N-dealkylation sites (tertiary alicyclic amines) is 1. The summed E-state index contributed by atoms with van der Waals surface area (Å²) in [7, 11) is 2.09. The number of pyridine rings is 2. The van der Waals surface area contributed by atoms with Crippen molar-refractivity contribution in [3.8, 4) is 22.5 Å². The first kappa shape index (κ1) is 22.7. The molecule has 9 heteroatoms. The lowest BCUT2D eigenvalue weighted by Crippen LogP contribution is -2.36. The molecule has 1 N–H and O–H groups in total. The van der Waals surface area contributed by atoms with Crippen molar-refractivity contribution in [1.82, 2.24) is 25.1 Å². The molecule has 4 heterocycles. The average Bonchev–Trinajstić information content (AvgIpc) is 3.50. The van der Waals surface area contributed by atoms with Gasteiger partial charge in [-0.05, 0) is 44.5 Å². The molecule has 1 aliphatic heterocycles. The molecule has 0 bridgehead atoms. The minimum absolute atomic E-state index is 0.128. The van der Waals surface area contributed by atoms with Crippen LogP contribution < -0.4 is 4.90 Å². The van der Waals surface area contributed by atoms with Gasteiger partial charge in [-0.3, -0.25) is 15.0 Å². The first-order valence-corrected chi connectivity index (χ1v) is 11.6. The standard InChI is InChI=1S/C25H25ClF2N6/c1-14(2)34-7-6-15(13-34)33(3)16-8-24-23(29-11-16)5-4-22(31-24)18-12-30-32-25(18)17-9-19(26)21(28)10-20(17)27/h4-5,8-12,14-15H,6-7,13H2,1-3H3,(H,30,32)/t15-/m1/s1. The Morgan fingerprint density at radius 2 is 1.91 bits per heavy atom. The minimum Gasteiger partial charge on any atom is -0.369 e. The third-order valence-electron chi connectivity index (χ3n) is 6.60. The summed E-state index contributed by atoms with van der Waals surface area (Å²) in [6, 6.07) is 8.68. The Bertz CT molecular complexity index is 1350. The molecule has 0 aliphatic carbocycles. The van der Waals surface area contributed by atoms with E-state index in [0.717, 1.165) is 42.3 Å². The lowest BCUT2D eigenvalue weighted by atomic mass is 10.0. The average molecular weight is 483 g/mol. The zero-order chi connectivity index (χ0) is 24.0. The molecule has 5 rings (SSSR count). The van der Waals surface area contributed by atoms with Gasteiger partial charge >= 0.3 is 0 Å². The molecular formula is C25H25ClF2N6. The Kier molecular flexibility index (Phi) is 5.95. The summed E-state index contributed by atoms with van der Waals surface area (Å²) in [6.45, 7) is 6.55. The van der Waals surface area contributed by atoms with Crippen LogP contribution >= 0.6 is 11.6 Å². The van der Waals surface area contributed by atoms with Gasteiger partial charge in [0.25, 0.3) is 0 Å². The van der Waals surface area contributed by atoms with Gasteiger partial charge in [-0.25, -0.2) is 13.8 Å². The van der Waals surface area contributed by atoms with Gasteiger partial charge < -0.3 is 4.90 Å². The van der Waals surface area contributed by atoms with Gasteiger partial charge in [-0.15, -0.1) is 0 Å². The Morgan fingerprint density at radius 3 is 2.68 bits per heavy atom. The van der Waals surface area contributed by atoms with Gasteiger partial charge in [0, 0.05) is 49.4 Å². The molecule has 0 amide bonds. The number of nitrogens with one attached hydrogen (secondary N) is 1. The van der Waals surface area contributed by atoms with E-state index in [0.29, 0.717) is 29.0 Å². The number of aromatic nitrogens is 4. The number of hydrogen-bond acceptors (Lipinski definition) is 5. The van der Waals surface area contributed by atoms with Crippen molar-refractivity contribution in [1.29, 1.82) is 0 Å². The zero-order valence-electron chi connectivity index (χ0n) is 19.2. The first-order valence-electron chi connectivity index (χ1n) is 11.2. The fourth-order valence-electron chi connectivity index (χ4n) is 4.50. The molecule has 0 saturated carbocycles. The summed E-state index contributed by atoms with van der Waals surface area (Å²) in [5.74, 6) is -1.54. The van der Waals surface area contributed by atoms with Crippen molar-refractivity contribution in [2.24, 2.45) is 0 Å². The van der Waals surface area contributed by atoms with Crippen molar-refractivity contribution in [2.75, 3.05) is 25.0 Å². The minimum atomic E-state index is -0.811. The highest BCUT2D eigenvalue weighted by Gasteiger charge is 2.27. The van der Waals surface area contributed by atoms with Gasteiger partial charge in [0.2, 0.25) is 0 Å². The lowest BCUT2D eigenvalue weighted by molar-refractivity contribution is 0.272. The molecule has 0 unspecified atom stereocenters. The lowest BCUT2D eigenvalue weighted by Gasteiger charge is -2.27. The summed E-state index contributed by atoms with van der Waals surface area (Å²) in [4.78, 5) is 14.1. The van der Waals surface area contributed by atoms with Crippen molar-refractivity contribution in [3.05, 3.63) is 59.4 Å². The maximum absolute atomic E-state index is 14.5. The molecule has 1 saturated heterocycles. The van der Waals surface area contributed by atoms with E-state index in [1.54, 1.807) is 6.20 Å². The molecule has 1 fully saturated rings. The summed E-state index contributed by atoms with van der Waals surface area (Å²) in [5, 5.41) is 6.70. The fraction of sp³-hybridized carbons (Fsp3) is 0.320. The Balaban J connectivity index is 1.49. The number of rotatable bonds is 5. The quantitative estimate of drug-likeness (QED) is 0.378. The highest BCUT2D eigenvalue weighted by Crippen LogP contribution is 2.34. The number of nitrogens with zero attached hydrogens (tertiary/aromatic N) is 5. The second-order valence-electron chi connectivity index (χ2n) is 8.98.